The van der Waals surface area contributed by atoms with E-state index in [2.05, 4.69) is 39.2 Å². The van der Waals surface area contributed by atoms with Crippen molar-refractivity contribution in [2.45, 2.75) is 45.3 Å². The van der Waals surface area contributed by atoms with Crippen LogP contribution in [0.2, 0.25) is 18.1 Å². The van der Waals surface area contributed by atoms with Crippen LogP contribution in [0.15, 0.2) is 48.5 Å². The molecule has 0 bridgehead atoms. The van der Waals surface area contributed by atoms with Crippen molar-refractivity contribution >= 4 is 20.3 Å². The predicted molar refractivity (Wildman–Crippen MR) is 130 cm³/mol. The number of rotatable bonds is 9. The lowest BCUT2D eigenvalue weighted by Gasteiger charge is -2.36. The number of hydrogen-bond acceptors (Lipinski definition) is 4. The second-order valence-electron chi connectivity index (χ2n) is 9.00. The summed E-state index contributed by atoms with van der Waals surface area (Å²) in [6, 6.07) is 13.6. The number of ether oxygens (including phenoxy) is 2. The molecule has 1 amide bonds. The number of benzene rings is 2. The lowest BCUT2D eigenvalue weighted by molar-refractivity contribution is -0.116. The van der Waals surface area contributed by atoms with Gasteiger partial charge in [-0.05, 0) is 66.0 Å². The van der Waals surface area contributed by atoms with Gasteiger partial charge in [-0.25, -0.2) is 0 Å². The van der Waals surface area contributed by atoms with Gasteiger partial charge in [0.15, 0.2) is 11.5 Å². The molecule has 0 heterocycles. The third-order valence-electron chi connectivity index (χ3n) is 5.63. The van der Waals surface area contributed by atoms with Crippen molar-refractivity contribution in [3.8, 4) is 17.2 Å². The Morgan fingerprint density at radius 1 is 1.03 bits per heavy atom. The number of amides is 1. The topological polar surface area (TPSA) is 56.8 Å². The molecule has 0 fully saturated rings. The number of hydrogen-bond donors (Lipinski definition) is 1. The van der Waals surface area contributed by atoms with E-state index in [0.717, 1.165) is 16.9 Å². The fraction of sp³-hybridized carbons (Fsp3) is 0.400. The molecule has 0 atom stereocenters. The maximum Gasteiger partial charge on any atom is 0.250 e. The summed E-state index contributed by atoms with van der Waals surface area (Å²) in [5.41, 5.74) is 2.00. The number of carbonyl (C=O) groups excluding carboxylic acids is 1. The van der Waals surface area contributed by atoms with Gasteiger partial charge in [-0.15, -0.1) is 0 Å². The average Bonchev–Trinajstić information content (AvgIpc) is 2.71. The van der Waals surface area contributed by atoms with Gasteiger partial charge in [0.05, 0.1) is 14.2 Å². The Balaban J connectivity index is 1.91. The number of nitrogens with one attached hydrogen (secondary N) is 1. The Morgan fingerprint density at radius 3 is 2.39 bits per heavy atom. The van der Waals surface area contributed by atoms with Gasteiger partial charge in [0.25, 0.3) is 0 Å². The molecule has 0 saturated carbocycles. The molecule has 0 aliphatic heterocycles. The van der Waals surface area contributed by atoms with E-state index in [1.165, 1.54) is 0 Å². The highest BCUT2D eigenvalue weighted by atomic mass is 28.4. The summed E-state index contributed by atoms with van der Waals surface area (Å²) in [4.78, 5) is 12.2. The molecular formula is C25H35NO4Si. The smallest absolute Gasteiger partial charge is 0.250 e. The number of methoxy groups -OCH3 is 2. The predicted octanol–water partition coefficient (Wildman–Crippen LogP) is 5.46. The zero-order valence-corrected chi connectivity index (χ0v) is 20.7. The molecule has 0 unspecified atom stereocenters. The fourth-order valence-electron chi connectivity index (χ4n) is 2.73. The molecule has 0 spiro atoms. The van der Waals surface area contributed by atoms with Gasteiger partial charge in [-0.2, -0.15) is 0 Å². The molecule has 0 aromatic heterocycles. The summed E-state index contributed by atoms with van der Waals surface area (Å²) < 4.78 is 16.9. The van der Waals surface area contributed by atoms with Gasteiger partial charge < -0.3 is 19.2 Å². The van der Waals surface area contributed by atoms with Crippen LogP contribution < -0.4 is 19.2 Å². The van der Waals surface area contributed by atoms with Crippen molar-refractivity contribution in [2.75, 3.05) is 20.8 Å². The first kappa shape index (κ1) is 24.5. The van der Waals surface area contributed by atoms with E-state index in [1.807, 2.05) is 48.5 Å². The molecule has 0 aliphatic carbocycles. The monoisotopic (exact) mass is 441 g/mol. The van der Waals surface area contributed by atoms with Gasteiger partial charge >= 0.3 is 0 Å². The van der Waals surface area contributed by atoms with E-state index in [-0.39, 0.29) is 10.9 Å². The maximum atomic E-state index is 12.2. The summed E-state index contributed by atoms with van der Waals surface area (Å²) in [7, 11) is 1.33. The zero-order chi connectivity index (χ0) is 23.1. The van der Waals surface area contributed by atoms with Gasteiger partial charge in [-0.3, -0.25) is 4.79 Å². The molecule has 1 N–H and O–H groups in total. The van der Waals surface area contributed by atoms with Crippen LogP contribution in [0.5, 0.6) is 17.2 Å². The van der Waals surface area contributed by atoms with Crippen LogP contribution in [-0.4, -0.2) is 35.0 Å². The van der Waals surface area contributed by atoms with Crippen molar-refractivity contribution in [1.29, 1.82) is 0 Å². The highest BCUT2D eigenvalue weighted by Gasteiger charge is 2.38. The quantitative estimate of drug-likeness (QED) is 0.415. The van der Waals surface area contributed by atoms with Crippen LogP contribution >= 0.6 is 0 Å². The first-order valence-corrected chi connectivity index (χ1v) is 13.4. The van der Waals surface area contributed by atoms with Gasteiger partial charge in [0.1, 0.15) is 5.75 Å². The third kappa shape index (κ3) is 7.17. The second-order valence-corrected chi connectivity index (χ2v) is 13.7. The normalized spacial score (nSPS) is 12.0. The fourth-order valence-corrected chi connectivity index (χ4v) is 3.75. The molecule has 2 rings (SSSR count). The molecule has 0 radical (unpaired) electrons. The first-order chi connectivity index (χ1) is 14.6. The lowest BCUT2D eigenvalue weighted by atomic mass is 10.1. The van der Waals surface area contributed by atoms with E-state index in [1.54, 1.807) is 20.3 Å². The SMILES string of the molecule is COc1ccc(CCNC(=O)/C=C/c2cccc(O[Si](C)(C)C(C)(C)C)c2)cc1OC. The summed E-state index contributed by atoms with van der Waals surface area (Å²) in [6.45, 7) is 11.6. The first-order valence-electron chi connectivity index (χ1n) is 10.5. The Kier molecular flexibility index (Phi) is 8.33. The van der Waals surface area contributed by atoms with E-state index < -0.39 is 8.32 Å². The molecule has 31 heavy (non-hydrogen) atoms. The minimum atomic E-state index is -1.90. The average molecular weight is 442 g/mol. The van der Waals surface area contributed by atoms with Crippen LogP contribution in [0.4, 0.5) is 0 Å². The third-order valence-corrected chi connectivity index (χ3v) is 9.98. The summed E-state index contributed by atoms with van der Waals surface area (Å²) in [6.07, 6.45) is 4.07. The van der Waals surface area contributed by atoms with Crippen molar-refractivity contribution < 1.29 is 18.7 Å². The van der Waals surface area contributed by atoms with E-state index in [4.69, 9.17) is 13.9 Å². The second kappa shape index (κ2) is 10.5. The standard InChI is InChI=1S/C25H35NO4Si/c1-25(2,3)31(6,7)30-21-10-8-9-19(17-21)12-14-24(27)26-16-15-20-11-13-22(28-4)23(18-20)29-5/h8-14,17-18H,15-16H2,1-7H3,(H,26,27)/b14-12+. The maximum absolute atomic E-state index is 12.2. The number of carbonyl (C=O) groups is 1. The molecule has 168 valence electrons. The van der Waals surface area contributed by atoms with Crippen LogP contribution in [-0.2, 0) is 11.2 Å². The van der Waals surface area contributed by atoms with Gasteiger partial charge in [0.2, 0.25) is 14.2 Å². The molecule has 0 aliphatic rings. The van der Waals surface area contributed by atoms with Crippen LogP contribution in [0.1, 0.15) is 31.9 Å². The van der Waals surface area contributed by atoms with E-state index >= 15 is 0 Å². The Labute approximate surface area is 187 Å². The zero-order valence-electron chi connectivity index (χ0n) is 19.7. The largest absolute Gasteiger partial charge is 0.543 e. The Morgan fingerprint density at radius 2 is 1.74 bits per heavy atom. The Bertz CT molecular complexity index is 916. The van der Waals surface area contributed by atoms with Crippen molar-refractivity contribution in [1.82, 2.24) is 5.32 Å². The highest BCUT2D eigenvalue weighted by Crippen LogP contribution is 2.37. The summed E-state index contributed by atoms with van der Waals surface area (Å²) in [5, 5.41) is 3.05. The van der Waals surface area contributed by atoms with Gasteiger partial charge in [0, 0.05) is 12.6 Å². The van der Waals surface area contributed by atoms with Crippen LogP contribution in [0.3, 0.4) is 0 Å². The van der Waals surface area contributed by atoms with Gasteiger partial charge in [-0.1, -0.05) is 39.0 Å². The summed E-state index contributed by atoms with van der Waals surface area (Å²) >= 11 is 0. The lowest BCUT2D eigenvalue weighted by Crippen LogP contribution is -2.43. The van der Waals surface area contributed by atoms with E-state index in [9.17, 15) is 4.79 Å². The highest BCUT2D eigenvalue weighted by molar-refractivity contribution is 6.74. The van der Waals surface area contributed by atoms with Crippen LogP contribution in [0.25, 0.3) is 6.08 Å². The molecule has 2 aromatic rings. The minimum absolute atomic E-state index is 0.129. The molecule has 0 saturated heterocycles. The minimum Gasteiger partial charge on any atom is -0.543 e. The van der Waals surface area contributed by atoms with Crippen molar-refractivity contribution in [3.63, 3.8) is 0 Å². The summed E-state index contributed by atoms with van der Waals surface area (Å²) in [5.74, 6) is 2.10. The van der Waals surface area contributed by atoms with Crippen LogP contribution in [0, 0.1) is 0 Å². The molecule has 2 aromatic carbocycles. The van der Waals surface area contributed by atoms with Crippen molar-refractivity contribution in [3.05, 3.63) is 59.7 Å². The van der Waals surface area contributed by atoms with E-state index in [0.29, 0.717) is 24.5 Å². The molecule has 5 nitrogen and oxygen atoms in total. The molecule has 6 heteroatoms. The van der Waals surface area contributed by atoms with Crippen molar-refractivity contribution in [2.24, 2.45) is 0 Å². The Hall–Kier alpha value is -2.73. The molecular weight excluding hydrogens is 406 g/mol.